The molecule has 0 aliphatic rings. The highest BCUT2D eigenvalue weighted by Crippen LogP contribution is 2.14. The Bertz CT molecular complexity index is 409. The number of fused-ring (bicyclic) bond motifs is 1. The topological polar surface area (TPSA) is 37.5 Å². The van der Waals surface area contributed by atoms with Crippen LogP contribution in [0.2, 0.25) is 0 Å². The van der Waals surface area contributed by atoms with E-state index in [1.54, 1.807) is 11.3 Å². The van der Waals surface area contributed by atoms with Gasteiger partial charge in [-0.3, -0.25) is 4.40 Å². The highest BCUT2D eigenvalue weighted by atomic mass is 32.2. The van der Waals surface area contributed by atoms with Crippen molar-refractivity contribution in [3.05, 3.63) is 23.5 Å². The van der Waals surface area contributed by atoms with Crippen LogP contribution in [0.25, 0.3) is 4.96 Å². The Balaban J connectivity index is 1.86. The first-order chi connectivity index (χ1) is 7.79. The maximum atomic E-state index is 9.83. The van der Waals surface area contributed by atoms with E-state index in [-0.39, 0.29) is 6.10 Å². The van der Waals surface area contributed by atoms with Crippen LogP contribution in [-0.4, -0.2) is 32.1 Å². The fourth-order valence-corrected chi connectivity index (χ4v) is 3.03. The van der Waals surface area contributed by atoms with Gasteiger partial charge in [0, 0.05) is 24.2 Å². The highest BCUT2D eigenvalue weighted by Gasteiger charge is 2.09. The van der Waals surface area contributed by atoms with Gasteiger partial charge in [-0.15, -0.1) is 11.3 Å². The average Bonchev–Trinajstić information content (AvgIpc) is 2.78. The zero-order valence-electron chi connectivity index (χ0n) is 9.30. The molecule has 0 saturated heterocycles. The normalized spacial score (nSPS) is 13.4. The minimum atomic E-state index is -0.261. The van der Waals surface area contributed by atoms with E-state index in [0.29, 0.717) is 6.42 Å². The van der Waals surface area contributed by atoms with Crippen LogP contribution in [-0.2, 0) is 6.42 Å². The van der Waals surface area contributed by atoms with E-state index in [1.165, 1.54) is 0 Å². The molecule has 2 aromatic heterocycles. The standard InChI is InChI=1S/C11H16N2OS2/c1-2-15-5-3-10(14)7-9-8-13-4-6-16-11(13)12-9/h4,6,8,10,14H,2-3,5,7H2,1H3. The van der Waals surface area contributed by atoms with Crippen LogP contribution >= 0.6 is 23.1 Å². The van der Waals surface area contributed by atoms with Crippen LogP contribution in [0.1, 0.15) is 19.0 Å². The molecule has 1 unspecified atom stereocenters. The Hall–Kier alpha value is -0.520. The smallest absolute Gasteiger partial charge is 0.193 e. The van der Waals surface area contributed by atoms with Crippen molar-refractivity contribution in [2.45, 2.75) is 25.9 Å². The number of thioether (sulfide) groups is 1. The van der Waals surface area contributed by atoms with E-state index in [2.05, 4.69) is 11.9 Å². The summed E-state index contributed by atoms with van der Waals surface area (Å²) in [6.07, 6.45) is 5.25. The van der Waals surface area contributed by atoms with Gasteiger partial charge in [0.25, 0.3) is 0 Å². The number of nitrogens with zero attached hydrogens (tertiary/aromatic N) is 2. The van der Waals surface area contributed by atoms with E-state index in [9.17, 15) is 5.11 Å². The van der Waals surface area contributed by atoms with E-state index in [4.69, 9.17) is 0 Å². The molecule has 5 heteroatoms. The van der Waals surface area contributed by atoms with Crippen LogP contribution in [0.15, 0.2) is 17.8 Å². The summed E-state index contributed by atoms with van der Waals surface area (Å²) >= 11 is 3.49. The molecule has 1 atom stereocenters. The number of hydrogen-bond acceptors (Lipinski definition) is 4. The zero-order valence-corrected chi connectivity index (χ0v) is 10.9. The van der Waals surface area contributed by atoms with Gasteiger partial charge in [0.2, 0.25) is 0 Å². The third kappa shape index (κ3) is 2.99. The first-order valence-electron chi connectivity index (χ1n) is 5.46. The number of imidazole rings is 1. The average molecular weight is 256 g/mol. The number of hydrogen-bond donors (Lipinski definition) is 1. The number of aliphatic hydroxyl groups excluding tert-OH is 1. The quantitative estimate of drug-likeness (QED) is 0.807. The molecule has 1 N–H and O–H groups in total. The summed E-state index contributed by atoms with van der Waals surface area (Å²) in [7, 11) is 0. The maximum absolute atomic E-state index is 9.83. The van der Waals surface area contributed by atoms with Crippen molar-refractivity contribution in [2.24, 2.45) is 0 Å². The van der Waals surface area contributed by atoms with E-state index >= 15 is 0 Å². The molecule has 2 rings (SSSR count). The van der Waals surface area contributed by atoms with Crippen LogP contribution in [0.4, 0.5) is 0 Å². The molecule has 0 radical (unpaired) electrons. The minimum absolute atomic E-state index is 0.261. The Morgan fingerprint density at radius 2 is 2.50 bits per heavy atom. The largest absolute Gasteiger partial charge is 0.393 e. The SMILES string of the molecule is CCSCCC(O)Cc1cn2ccsc2n1. The third-order valence-electron chi connectivity index (χ3n) is 2.39. The number of rotatable bonds is 6. The minimum Gasteiger partial charge on any atom is -0.393 e. The molecular weight excluding hydrogens is 240 g/mol. The molecule has 88 valence electrons. The van der Waals surface area contributed by atoms with E-state index < -0.39 is 0 Å². The predicted molar refractivity (Wildman–Crippen MR) is 70.4 cm³/mol. The van der Waals surface area contributed by atoms with Gasteiger partial charge in [-0.25, -0.2) is 4.98 Å². The molecule has 0 aromatic carbocycles. The van der Waals surface area contributed by atoms with Crippen molar-refractivity contribution < 1.29 is 5.11 Å². The molecule has 16 heavy (non-hydrogen) atoms. The molecule has 0 aliphatic heterocycles. The van der Waals surface area contributed by atoms with Crippen LogP contribution in [0.3, 0.4) is 0 Å². The second-order valence-corrected chi connectivity index (χ2v) is 5.94. The lowest BCUT2D eigenvalue weighted by Gasteiger charge is -2.07. The third-order valence-corrected chi connectivity index (χ3v) is 4.09. The van der Waals surface area contributed by atoms with E-state index in [1.807, 2.05) is 33.9 Å². The van der Waals surface area contributed by atoms with Crippen LogP contribution < -0.4 is 0 Å². The zero-order chi connectivity index (χ0) is 11.4. The summed E-state index contributed by atoms with van der Waals surface area (Å²) in [5.41, 5.74) is 0.987. The Labute approximate surface area is 104 Å². The van der Waals surface area contributed by atoms with Gasteiger partial charge in [0.15, 0.2) is 4.96 Å². The van der Waals surface area contributed by atoms with Crippen molar-refractivity contribution >= 4 is 28.1 Å². The molecule has 2 heterocycles. The Morgan fingerprint density at radius 3 is 3.25 bits per heavy atom. The molecule has 0 spiro atoms. The summed E-state index contributed by atoms with van der Waals surface area (Å²) in [4.78, 5) is 5.46. The molecule has 2 aromatic rings. The number of aliphatic hydroxyl groups is 1. The summed E-state index contributed by atoms with van der Waals surface area (Å²) in [6, 6.07) is 0. The Kier molecular flexibility index (Phi) is 4.26. The van der Waals surface area contributed by atoms with Gasteiger partial charge < -0.3 is 5.11 Å². The van der Waals surface area contributed by atoms with Gasteiger partial charge in [0.05, 0.1) is 11.8 Å². The maximum Gasteiger partial charge on any atom is 0.193 e. The lowest BCUT2D eigenvalue weighted by Crippen LogP contribution is -2.11. The molecular formula is C11H16N2OS2. The van der Waals surface area contributed by atoms with Gasteiger partial charge in [-0.05, 0) is 17.9 Å². The second-order valence-electron chi connectivity index (χ2n) is 3.67. The molecule has 0 amide bonds. The Morgan fingerprint density at radius 1 is 1.62 bits per heavy atom. The fourth-order valence-electron chi connectivity index (χ4n) is 1.58. The first-order valence-corrected chi connectivity index (χ1v) is 7.50. The predicted octanol–water partition coefficient (Wildman–Crippen LogP) is 2.44. The van der Waals surface area contributed by atoms with Crippen LogP contribution in [0.5, 0.6) is 0 Å². The molecule has 0 aliphatic carbocycles. The summed E-state index contributed by atoms with van der Waals surface area (Å²) < 4.78 is 2.01. The van der Waals surface area contributed by atoms with E-state index in [0.717, 1.165) is 28.6 Å². The first kappa shape index (κ1) is 12.0. The van der Waals surface area contributed by atoms with Gasteiger partial charge in [-0.1, -0.05) is 6.92 Å². The van der Waals surface area contributed by atoms with Crippen molar-refractivity contribution in [3.8, 4) is 0 Å². The van der Waals surface area contributed by atoms with Gasteiger partial charge >= 0.3 is 0 Å². The van der Waals surface area contributed by atoms with Crippen molar-refractivity contribution in [1.29, 1.82) is 0 Å². The number of aromatic nitrogens is 2. The monoisotopic (exact) mass is 256 g/mol. The molecule has 3 nitrogen and oxygen atoms in total. The van der Waals surface area contributed by atoms with Crippen molar-refractivity contribution in [2.75, 3.05) is 11.5 Å². The molecule has 0 bridgehead atoms. The lowest BCUT2D eigenvalue weighted by atomic mass is 10.2. The summed E-state index contributed by atoms with van der Waals surface area (Å²) in [5.74, 6) is 2.15. The van der Waals surface area contributed by atoms with Crippen LogP contribution in [0, 0.1) is 0 Å². The summed E-state index contributed by atoms with van der Waals surface area (Å²) in [5, 5.41) is 11.8. The lowest BCUT2D eigenvalue weighted by molar-refractivity contribution is 0.171. The molecule has 0 fully saturated rings. The highest BCUT2D eigenvalue weighted by molar-refractivity contribution is 7.99. The van der Waals surface area contributed by atoms with Crippen molar-refractivity contribution in [1.82, 2.24) is 9.38 Å². The van der Waals surface area contributed by atoms with Gasteiger partial charge in [0.1, 0.15) is 0 Å². The molecule has 0 saturated carbocycles. The summed E-state index contributed by atoms with van der Waals surface area (Å²) in [6.45, 7) is 2.14. The van der Waals surface area contributed by atoms with Gasteiger partial charge in [-0.2, -0.15) is 11.8 Å². The number of thiazole rings is 1. The second kappa shape index (κ2) is 5.70. The fraction of sp³-hybridized carbons (Fsp3) is 0.545. The van der Waals surface area contributed by atoms with Crippen molar-refractivity contribution in [3.63, 3.8) is 0 Å².